The van der Waals surface area contributed by atoms with Gasteiger partial charge in [0.25, 0.3) is 0 Å². The average Bonchev–Trinajstić information content (AvgIpc) is 2.77. The van der Waals surface area contributed by atoms with Crippen LogP contribution in [0.5, 0.6) is 5.75 Å². The molecule has 0 saturated carbocycles. The van der Waals surface area contributed by atoms with Crippen LogP contribution in [0.2, 0.25) is 5.02 Å². The number of ether oxygens (including phenoxy) is 1. The molecule has 0 amide bonds. The van der Waals surface area contributed by atoms with E-state index < -0.39 is 0 Å². The molecule has 0 unspecified atom stereocenters. The fourth-order valence-electron chi connectivity index (χ4n) is 2.24. The minimum Gasteiger partial charge on any atom is -0.494 e. The Bertz CT molecular complexity index is 767. The number of nitrogens with two attached hydrogens (primary N) is 1. The number of aromatic nitrogens is 2. The summed E-state index contributed by atoms with van der Waals surface area (Å²) in [6.45, 7) is 2.56. The van der Waals surface area contributed by atoms with Gasteiger partial charge in [0.15, 0.2) is 0 Å². The van der Waals surface area contributed by atoms with Crippen LogP contribution in [-0.2, 0) is 0 Å². The number of benzene rings is 2. The number of nitrogens with zero attached hydrogens (tertiary/aromatic N) is 2. The Morgan fingerprint density at radius 3 is 2.85 bits per heavy atom. The second-order valence-electron chi connectivity index (χ2n) is 4.34. The second kappa shape index (κ2) is 5.06. The topological polar surface area (TPSA) is 53.1 Å². The van der Waals surface area contributed by atoms with Crippen molar-refractivity contribution in [3.63, 3.8) is 0 Å². The number of para-hydroxylation sites is 1. The molecule has 3 aromatic rings. The van der Waals surface area contributed by atoms with E-state index in [1.165, 1.54) is 0 Å². The lowest BCUT2D eigenvalue weighted by atomic mass is 10.2. The van der Waals surface area contributed by atoms with Gasteiger partial charge in [-0.3, -0.25) is 4.57 Å². The van der Waals surface area contributed by atoms with Crippen LogP contribution >= 0.6 is 11.6 Å². The molecule has 0 aliphatic rings. The third-order valence-electron chi connectivity index (χ3n) is 3.04. The molecule has 0 fully saturated rings. The highest BCUT2D eigenvalue weighted by Crippen LogP contribution is 2.30. The van der Waals surface area contributed by atoms with Crippen molar-refractivity contribution in [2.75, 3.05) is 12.3 Å². The molecule has 0 atom stereocenters. The second-order valence-corrected chi connectivity index (χ2v) is 4.75. The van der Waals surface area contributed by atoms with E-state index >= 15 is 0 Å². The first kappa shape index (κ1) is 12.8. The highest BCUT2D eigenvalue weighted by Gasteiger charge is 2.13. The monoisotopic (exact) mass is 287 g/mol. The van der Waals surface area contributed by atoms with Gasteiger partial charge in [0.1, 0.15) is 5.75 Å². The minimum absolute atomic E-state index is 0.404. The van der Waals surface area contributed by atoms with Crippen molar-refractivity contribution < 1.29 is 4.74 Å². The third kappa shape index (κ3) is 2.08. The molecule has 1 aromatic heterocycles. The number of imidazole rings is 1. The SMILES string of the molecule is CCOc1cccc(-n2c(N)nc3cccc(Cl)c32)c1. The van der Waals surface area contributed by atoms with E-state index in [1.54, 1.807) is 0 Å². The molecule has 2 N–H and O–H groups in total. The number of hydrogen-bond acceptors (Lipinski definition) is 3. The maximum atomic E-state index is 6.28. The molecule has 0 bridgehead atoms. The van der Waals surface area contributed by atoms with Gasteiger partial charge in [-0.1, -0.05) is 23.7 Å². The molecular formula is C15H14ClN3O. The first-order valence-corrected chi connectivity index (χ1v) is 6.74. The van der Waals surface area contributed by atoms with E-state index in [0.29, 0.717) is 17.6 Å². The maximum absolute atomic E-state index is 6.28. The summed E-state index contributed by atoms with van der Waals surface area (Å²) >= 11 is 6.28. The molecule has 102 valence electrons. The van der Waals surface area contributed by atoms with Gasteiger partial charge >= 0.3 is 0 Å². The summed E-state index contributed by atoms with van der Waals surface area (Å²) in [6.07, 6.45) is 0. The summed E-state index contributed by atoms with van der Waals surface area (Å²) < 4.78 is 7.35. The lowest BCUT2D eigenvalue weighted by Crippen LogP contribution is -2.01. The Balaban J connectivity index is 2.24. The van der Waals surface area contributed by atoms with Crippen molar-refractivity contribution in [1.29, 1.82) is 0 Å². The Labute approximate surface area is 121 Å². The van der Waals surface area contributed by atoms with Gasteiger partial charge in [0, 0.05) is 6.07 Å². The first-order chi connectivity index (χ1) is 9.70. The van der Waals surface area contributed by atoms with Crippen molar-refractivity contribution in [1.82, 2.24) is 9.55 Å². The van der Waals surface area contributed by atoms with Gasteiger partial charge in [-0.05, 0) is 31.2 Å². The lowest BCUT2D eigenvalue weighted by Gasteiger charge is -2.09. The summed E-state index contributed by atoms with van der Waals surface area (Å²) in [7, 11) is 0. The van der Waals surface area contributed by atoms with Gasteiger partial charge in [-0.15, -0.1) is 0 Å². The van der Waals surface area contributed by atoms with Crippen LogP contribution in [0.25, 0.3) is 16.7 Å². The van der Waals surface area contributed by atoms with Crippen molar-refractivity contribution in [2.24, 2.45) is 0 Å². The summed E-state index contributed by atoms with van der Waals surface area (Å²) in [5.41, 5.74) is 8.49. The highest BCUT2D eigenvalue weighted by molar-refractivity contribution is 6.35. The van der Waals surface area contributed by atoms with E-state index in [-0.39, 0.29) is 0 Å². The van der Waals surface area contributed by atoms with Crippen molar-refractivity contribution >= 4 is 28.6 Å². The van der Waals surface area contributed by atoms with E-state index in [0.717, 1.165) is 22.5 Å². The molecule has 3 rings (SSSR count). The minimum atomic E-state index is 0.404. The summed E-state index contributed by atoms with van der Waals surface area (Å²) in [5, 5.41) is 0.619. The van der Waals surface area contributed by atoms with Crippen LogP contribution in [0.1, 0.15) is 6.92 Å². The molecule has 0 spiro atoms. The Morgan fingerprint density at radius 2 is 2.05 bits per heavy atom. The van der Waals surface area contributed by atoms with E-state index in [2.05, 4.69) is 4.98 Å². The summed E-state index contributed by atoms with van der Waals surface area (Å²) in [5.74, 6) is 1.19. The van der Waals surface area contributed by atoms with Gasteiger partial charge in [-0.2, -0.15) is 0 Å². The lowest BCUT2D eigenvalue weighted by molar-refractivity contribution is 0.340. The normalized spacial score (nSPS) is 10.9. The maximum Gasteiger partial charge on any atom is 0.205 e. The predicted molar refractivity (Wildman–Crippen MR) is 81.7 cm³/mol. The standard InChI is InChI=1S/C15H14ClN3O/c1-2-20-11-6-3-5-10(9-11)19-14-12(16)7-4-8-13(14)18-15(19)17/h3-9H,2H2,1H3,(H2,17,18). The molecule has 5 heteroatoms. The van der Waals surface area contributed by atoms with Crippen LogP contribution in [-0.4, -0.2) is 16.2 Å². The molecule has 0 radical (unpaired) electrons. The molecular weight excluding hydrogens is 274 g/mol. The van der Waals surface area contributed by atoms with Crippen molar-refractivity contribution in [2.45, 2.75) is 6.92 Å². The molecule has 0 aliphatic heterocycles. The molecule has 4 nitrogen and oxygen atoms in total. The zero-order valence-electron chi connectivity index (χ0n) is 11.0. The van der Waals surface area contributed by atoms with E-state index in [4.69, 9.17) is 22.1 Å². The number of nitrogen functional groups attached to an aromatic ring is 1. The largest absolute Gasteiger partial charge is 0.494 e. The number of rotatable bonds is 3. The number of anilines is 1. The van der Waals surface area contributed by atoms with Gasteiger partial charge in [0.05, 0.1) is 28.4 Å². The predicted octanol–water partition coefficient (Wildman–Crippen LogP) is 3.66. The summed E-state index contributed by atoms with van der Waals surface area (Å²) in [4.78, 5) is 4.34. The Morgan fingerprint density at radius 1 is 1.25 bits per heavy atom. The zero-order chi connectivity index (χ0) is 14.1. The fraction of sp³-hybridized carbons (Fsp3) is 0.133. The average molecular weight is 288 g/mol. The molecule has 20 heavy (non-hydrogen) atoms. The van der Waals surface area contributed by atoms with Crippen molar-refractivity contribution in [3.05, 3.63) is 47.5 Å². The first-order valence-electron chi connectivity index (χ1n) is 6.36. The Hall–Kier alpha value is -2.20. The number of halogens is 1. The third-order valence-corrected chi connectivity index (χ3v) is 3.35. The molecule has 1 heterocycles. The van der Waals surface area contributed by atoms with E-state index in [9.17, 15) is 0 Å². The number of hydrogen-bond donors (Lipinski definition) is 1. The van der Waals surface area contributed by atoms with Crippen LogP contribution in [0.15, 0.2) is 42.5 Å². The van der Waals surface area contributed by atoms with Gasteiger partial charge in [-0.25, -0.2) is 4.98 Å². The van der Waals surface area contributed by atoms with Crippen LogP contribution in [0.4, 0.5) is 5.95 Å². The van der Waals surface area contributed by atoms with Crippen molar-refractivity contribution in [3.8, 4) is 11.4 Å². The smallest absolute Gasteiger partial charge is 0.205 e. The molecule has 2 aromatic carbocycles. The number of fused-ring (bicyclic) bond motifs is 1. The zero-order valence-corrected chi connectivity index (χ0v) is 11.8. The van der Waals surface area contributed by atoms with Crippen LogP contribution in [0.3, 0.4) is 0 Å². The Kier molecular flexibility index (Phi) is 3.24. The fourth-order valence-corrected chi connectivity index (χ4v) is 2.50. The quantitative estimate of drug-likeness (QED) is 0.800. The van der Waals surface area contributed by atoms with Crippen LogP contribution in [0, 0.1) is 0 Å². The molecule has 0 saturated heterocycles. The molecule has 0 aliphatic carbocycles. The highest BCUT2D eigenvalue weighted by atomic mass is 35.5. The van der Waals surface area contributed by atoms with Gasteiger partial charge in [0.2, 0.25) is 5.95 Å². The van der Waals surface area contributed by atoms with E-state index in [1.807, 2.05) is 54.0 Å². The summed E-state index contributed by atoms with van der Waals surface area (Å²) in [6, 6.07) is 13.3. The van der Waals surface area contributed by atoms with Gasteiger partial charge < -0.3 is 10.5 Å². The van der Waals surface area contributed by atoms with Crippen LogP contribution < -0.4 is 10.5 Å².